The lowest BCUT2D eigenvalue weighted by molar-refractivity contribution is 0.0714. The topological polar surface area (TPSA) is 66.0 Å². The van der Waals surface area contributed by atoms with Gasteiger partial charge in [0.05, 0.1) is 5.60 Å². The number of aryl methyl sites for hydroxylation is 1. The molecule has 0 saturated carbocycles. The molecular formula is C15H18N2O2. The van der Waals surface area contributed by atoms with Crippen molar-refractivity contribution in [3.8, 4) is 0 Å². The summed E-state index contributed by atoms with van der Waals surface area (Å²) in [7, 11) is 0. The van der Waals surface area contributed by atoms with Crippen LogP contribution in [0.1, 0.15) is 41.9 Å². The van der Waals surface area contributed by atoms with Crippen molar-refractivity contribution >= 4 is 5.78 Å². The summed E-state index contributed by atoms with van der Waals surface area (Å²) < 4.78 is 0. The molecule has 0 bridgehead atoms. The summed E-state index contributed by atoms with van der Waals surface area (Å²) in [6, 6.07) is 9.15. The number of aromatic amines is 1. The summed E-state index contributed by atoms with van der Waals surface area (Å²) >= 11 is 0. The first kappa shape index (κ1) is 13.5. The molecule has 0 spiro atoms. The number of aliphatic hydroxyl groups is 1. The highest BCUT2D eigenvalue weighted by Gasteiger charge is 2.14. The van der Waals surface area contributed by atoms with Gasteiger partial charge >= 0.3 is 0 Å². The van der Waals surface area contributed by atoms with Crippen LogP contribution in [0.3, 0.4) is 0 Å². The minimum absolute atomic E-state index is 0.0670. The van der Waals surface area contributed by atoms with Gasteiger partial charge in [0.2, 0.25) is 5.78 Å². The van der Waals surface area contributed by atoms with Gasteiger partial charge in [0, 0.05) is 11.8 Å². The molecule has 0 saturated heterocycles. The third kappa shape index (κ3) is 3.76. The van der Waals surface area contributed by atoms with Crippen molar-refractivity contribution < 1.29 is 9.90 Å². The second-order valence-electron chi connectivity index (χ2n) is 5.31. The van der Waals surface area contributed by atoms with Gasteiger partial charge in [-0.05, 0) is 44.4 Å². The van der Waals surface area contributed by atoms with Gasteiger partial charge in [0.25, 0.3) is 0 Å². The molecule has 1 aromatic heterocycles. The first-order valence-corrected chi connectivity index (χ1v) is 6.31. The van der Waals surface area contributed by atoms with Crippen LogP contribution in [0.2, 0.25) is 0 Å². The van der Waals surface area contributed by atoms with E-state index in [1.54, 1.807) is 32.2 Å². The van der Waals surface area contributed by atoms with Crippen molar-refractivity contribution in [2.75, 3.05) is 0 Å². The predicted molar refractivity (Wildman–Crippen MR) is 73.1 cm³/mol. The van der Waals surface area contributed by atoms with Crippen molar-refractivity contribution in [2.45, 2.75) is 32.3 Å². The van der Waals surface area contributed by atoms with E-state index < -0.39 is 5.60 Å². The maximum atomic E-state index is 12.1. The fraction of sp³-hybridized carbons (Fsp3) is 0.333. The molecule has 0 amide bonds. The molecule has 0 aliphatic rings. The van der Waals surface area contributed by atoms with E-state index in [1.807, 2.05) is 18.2 Å². The average Bonchev–Trinajstić information content (AvgIpc) is 2.89. The molecule has 2 aromatic rings. The number of rotatable bonds is 5. The van der Waals surface area contributed by atoms with E-state index in [1.165, 1.54) is 0 Å². The van der Waals surface area contributed by atoms with Crippen LogP contribution in [0.4, 0.5) is 0 Å². The largest absolute Gasteiger partial charge is 0.390 e. The maximum absolute atomic E-state index is 12.1. The highest BCUT2D eigenvalue weighted by Crippen LogP contribution is 2.15. The fourth-order valence-electron chi connectivity index (χ4n) is 1.86. The zero-order valence-corrected chi connectivity index (χ0v) is 11.2. The van der Waals surface area contributed by atoms with E-state index in [2.05, 4.69) is 10.2 Å². The second-order valence-corrected chi connectivity index (χ2v) is 5.31. The Morgan fingerprint density at radius 3 is 2.79 bits per heavy atom. The molecule has 0 unspecified atom stereocenters. The lowest BCUT2D eigenvalue weighted by Crippen LogP contribution is -2.19. The number of hydrogen-bond acceptors (Lipinski definition) is 3. The van der Waals surface area contributed by atoms with Gasteiger partial charge in [-0.15, -0.1) is 0 Å². The molecule has 0 aliphatic carbocycles. The lowest BCUT2D eigenvalue weighted by Gasteiger charge is -2.16. The van der Waals surface area contributed by atoms with Crippen LogP contribution >= 0.6 is 0 Å². The first-order chi connectivity index (χ1) is 8.96. The Morgan fingerprint density at radius 1 is 1.37 bits per heavy atom. The maximum Gasteiger partial charge on any atom is 0.210 e. The Hall–Kier alpha value is -1.94. The molecule has 1 heterocycles. The molecule has 0 aliphatic heterocycles. The van der Waals surface area contributed by atoms with Crippen molar-refractivity contribution in [2.24, 2.45) is 0 Å². The number of aromatic nitrogens is 2. The molecule has 0 radical (unpaired) electrons. The Bertz CT molecular complexity index is 554. The number of H-pyrrole nitrogens is 1. The molecule has 4 heteroatoms. The number of benzene rings is 1. The van der Waals surface area contributed by atoms with E-state index in [0.29, 0.717) is 17.7 Å². The standard InChI is InChI=1S/C15H18N2O2/c1-15(2,19)8-6-11-4-3-5-12(10-11)14(18)13-7-9-16-17-13/h3-5,7,9-10,19H,6,8H2,1-2H3,(H,16,17). The molecule has 0 fully saturated rings. The third-order valence-electron chi connectivity index (χ3n) is 2.96. The molecule has 19 heavy (non-hydrogen) atoms. The second kappa shape index (κ2) is 5.36. The van der Waals surface area contributed by atoms with E-state index in [4.69, 9.17) is 0 Å². The highest BCUT2D eigenvalue weighted by atomic mass is 16.3. The molecular weight excluding hydrogens is 240 g/mol. The molecule has 2 rings (SSSR count). The third-order valence-corrected chi connectivity index (χ3v) is 2.96. The van der Waals surface area contributed by atoms with E-state index in [0.717, 1.165) is 12.0 Å². The molecule has 4 nitrogen and oxygen atoms in total. The Kier molecular flexibility index (Phi) is 3.81. The number of nitrogens with one attached hydrogen (secondary N) is 1. The van der Waals surface area contributed by atoms with Crippen LogP contribution in [-0.4, -0.2) is 26.7 Å². The first-order valence-electron chi connectivity index (χ1n) is 6.31. The van der Waals surface area contributed by atoms with Gasteiger partial charge in [-0.25, -0.2) is 0 Å². The summed E-state index contributed by atoms with van der Waals surface area (Å²) in [5.41, 5.74) is 1.48. The van der Waals surface area contributed by atoms with E-state index in [-0.39, 0.29) is 5.78 Å². The lowest BCUT2D eigenvalue weighted by atomic mass is 9.97. The minimum atomic E-state index is -0.691. The minimum Gasteiger partial charge on any atom is -0.390 e. The van der Waals surface area contributed by atoms with Crippen LogP contribution < -0.4 is 0 Å². The predicted octanol–water partition coefficient (Wildman–Crippen LogP) is 2.34. The smallest absolute Gasteiger partial charge is 0.210 e. The van der Waals surface area contributed by atoms with Crippen LogP contribution in [0, 0.1) is 0 Å². The number of carbonyl (C=O) groups excluding carboxylic acids is 1. The summed E-state index contributed by atoms with van der Waals surface area (Å²) in [5.74, 6) is -0.0670. The van der Waals surface area contributed by atoms with Gasteiger partial charge in [0.15, 0.2) is 0 Å². The Labute approximate surface area is 112 Å². The number of nitrogens with zero attached hydrogens (tertiary/aromatic N) is 1. The van der Waals surface area contributed by atoms with Crippen molar-refractivity contribution in [1.29, 1.82) is 0 Å². The zero-order chi connectivity index (χ0) is 13.9. The van der Waals surface area contributed by atoms with Crippen molar-refractivity contribution in [3.05, 3.63) is 53.3 Å². The number of carbonyl (C=O) groups is 1. The number of hydrogen-bond donors (Lipinski definition) is 2. The SMILES string of the molecule is CC(C)(O)CCc1cccc(C(=O)c2ccn[nH]2)c1. The molecule has 1 aromatic carbocycles. The van der Waals surface area contributed by atoms with Gasteiger partial charge in [-0.2, -0.15) is 5.10 Å². The molecule has 100 valence electrons. The van der Waals surface area contributed by atoms with Gasteiger partial charge < -0.3 is 5.11 Å². The zero-order valence-electron chi connectivity index (χ0n) is 11.2. The summed E-state index contributed by atoms with van der Waals surface area (Å²) in [4.78, 5) is 12.1. The normalized spacial score (nSPS) is 11.5. The Morgan fingerprint density at radius 2 is 2.16 bits per heavy atom. The number of ketones is 1. The van der Waals surface area contributed by atoms with Gasteiger partial charge in [-0.3, -0.25) is 9.89 Å². The highest BCUT2D eigenvalue weighted by molar-refractivity contribution is 6.07. The summed E-state index contributed by atoms with van der Waals surface area (Å²) in [6.45, 7) is 3.57. The molecule has 2 N–H and O–H groups in total. The molecule has 0 atom stereocenters. The Balaban J connectivity index is 2.13. The summed E-state index contributed by atoms with van der Waals surface area (Å²) in [5, 5.41) is 16.2. The average molecular weight is 258 g/mol. The fourth-order valence-corrected chi connectivity index (χ4v) is 1.86. The van der Waals surface area contributed by atoms with E-state index in [9.17, 15) is 9.90 Å². The van der Waals surface area contributed by atoms with Crippen LogP contribution in [0.5, 0.6) is 0 Å². The monoisotopic (exact) mass is 258 g/mol. The van der Waals surface area contributed by atoms with Crippen LogP contribution in [-0.2, 0) is 6.42 Å². The van der Waals surface area contributed by atoms with Crippen LogP contribution in [0.15, 0.2) is 36.5 Å². The van der Waals surface area contributed by atoms with Gasteiger partial charge in [-0.1, -0.05) is 18.2 Å². The van der Waals surface area contributed by atoms with Gasteiger partial charge in [0.1, 0.15) is 5.69 Å². The van der Waals surface area contributed by atoms with Crippen molar-refractivity contribution in [3.63, 3.8) is 0 Å². The van der Waals surface area contributed by atoms with E-state index >= 15 is 0 Å². The summed E-state index contributed by atoms with van der Waals surface area (Å²) in [6.07, 6.45) is 2.97. The van der Waals surface area contributed by atoms with Crippen molar-refractivity contribution in [1.82, 2.24) is 10.2 Å². The van der Waals surface area contributed by atoms with Crippen LogP contribution in [0.25, 0.3) is 0 Å². The quantitative estimate of drug-likeness (QED) is 0.809.